The van der Waals surface area contributed by atoms with E-state index in [0.717, 1.165) is 16.6 Å². The maximum atomic E-state index is 13.7. The molecule has 0 N–H and O–H groups in total. The molecule has 0 bridgehead atoms. The molecule has 4 aromatic rings. The van der Waals surface area contributed by atoms with Crippen LogP contribution in [0.4, 0.5) is 0 Å². The molecule has 0 spiro atoms. The van der Waals surface area contributed by atoms with Crippen molar-refractivity contribution in [1.82, 2.24) is 4.57 Å². The molecule has 6 heteroatoms. The van der Waals surface area contributed by atoms with E-state index in [0.29, 0.717) is 22.2 Å². The first-order valence-corrected chi connectivity index (χ1v) is 10.9. The number of carbonyl (C=O) groups is 3. The summed E-state index contributed by atoms with van der Waals surface area (Å²) in [7, 11) is 0. The summed E-state index contributed by atoms with van der Waals surface area (Å²) >= 11 is 0. The van der Waals surface area contributed by atoms with E-state index in [2.05, 4.69) is 5.16 Å². The average Bonchev–Trinajstić information content (AvgIpc) is 3.22. The number of para-hydroxylation sites is 2. The zero-order valence-corrected chi connectivity index (χ0v) is 19.2. The van der Waals surface area contributed by atoms with Crippen LogP contribution in [0, 0.1) is 6.92 Å². The van der Waals surface area contributed by atoms with E-state index in [1.807, 2.05) is 78.2 Å². The number of ketones is 2. The molecule has 34 heavy (non-hydrogen) atoms. The van der Waals surface area contributed by atoms with Crippen molar-refractivity contribution in [3.05, 3.63) is 101 Å². The fraction of sp³-hybridized carbons (Fsp3) is 0.143. The Labute approximate surface area is 197 Å². The van der Waals surface area contributed by atoms with Crippen molar-refractivity contribution < 1.29 is 19.2 Å². The summed E-state index contributed by atoms with van der Waals surface area (Å²) in [5, 5.41) is 4.64. The van der Waals surface area contributed by atoms with Crippen LogP contribution < -0.4 is 0 Å². The largest absolute Gasteiger partial charge is 0.331 e. The summed E-state index contributed by atoms with van der Waals surface area (Å²) in [4.78, 5) is 42.4. The van der Waals surface area contributed by atoms with Crippen LogP contribution in [0.3, 0.4) is 0 Å². The van der Waals surface area contributed by atoms with Gasteiger partial charge in [0.25, 0.3) is 0 Å². The van der Waals surface area contributed by atoms with Crippen LogP contribution >= 0.6 is 0 Å². The van der Waals surface area contributed by atoms with Crippen molar-refractivity contribution in [3.8, 4) is 5.69 Å². The number of rotatable bonds is 7. The minimum absolute atomic E-state index is 0.0714. The van der Waals surface area contributed by atoms with Gasteiger partial charge in [-0.2, -0.15) is 0 Å². The molecule has 0 unspecified atom stereocenters. The zero-order chi connectivity index (χ0) is 24.2. The van der Waals surface area contributed by atoms with Crippen LogP contribution in [0.1, 0.15) is 45.7 Å². The van der Waals surface area contributed by atoms with Gasteiger partial charge in [-0.15, -0.1) is 0 Å². The molecule has 0 fully saturated rings. The predicted octanol–water partition coefficient (Wildman–Crippen LogP) is 5.49. The molecule has 0 radical (unpaired) electrons. The Hall–Kier alpha value is -4.32. The lowest BCUT2D eigenvalue weighted by Crippen LogP contribution is -2.19. The molecule has 170 valence electrons. The van der Waals surface area contributed by atoms with Crippen LogP contribution in [0.25, 0.3) is 16.6 Å². The highest BCUT2D eigenvalue weighted by molar-refractivity contribution is 6.48. The minimum Gasteiger partial charge on any atom is -0.318 e. The van der Waals surface area contributed by atoms with E-state index in [9.17, 15) is 14.4 Å². The number of aryl methyl sites for hydroxylation is 1. The lowest BCUT2D eigenvalue weighted by Gasteiger charge is -2.09. The van der Waals surface area contributed by atoms with Crippen molar-refractivity contribution in [1.29, 1.82) is 0 Å². The second-order valence-corrected chi connectivity index (χ2v) is 8.06. The average molecular weight is 453 g/mol. The molecule has 0 atom stereocenters. The second-order valence-electron chi connectivity index (χ2n) is 8.06. The van der Waals surface area contributed by atoms with Crippen LogP contribution in [0.2, 0.25) is 0 Å². The fourth-order valence-electron chi connectivity index (χ4n) is 3.96. The zero-order valence-electron chi connectivity index (χ0n) is 19.2. The molecular formula is C28H24N2O4. The first-order chi connectivity index (χ1) is 16.4. The fourth-order valence-corrected chi connectivity index (χ4v) is 3.96. The molecule has 0 aliphatic rings. The second kappa shape index (κ2) is 9.67. The van der Waals surface area contributed by atoms with Crippen molar-refractivity contribution in [2.75, 3.05) is 0 Å². The monoisotopic (exact) mass is 452 g/mol. The number of fused-ring (bicyclic) bond motifs is 1. The Morgan fingerprint density at radius 1 is 0.853 bits per heavy atom. The molecule has 3 aromatic carbocycles. The van der Waals surface area contributed by atoms with Gasteiger partial charge in [0.05, 0.1) is 11.2 Å². The molecule has 0 saturated carbocycles. The van der Waals surface area contributed by atoms with E-state index in [1.54, 1.807) is 12.3 Å². The summed E-state index contributed by atoms with van der Waals surface area (Å²) in [6, 6.07) is 22.4. The topological polar surface area (TPSA) is 77.7 Å². The number of benzene rings is 3. The molecule has 1 heterocycles. The molecule has 6 nitrogen and oxygen atoms in total. The number of hydrogen-bond acceptors (Lipinski definition) is 5. The maximum absolute atomic E-state index is 13.7. The minimum atomic E-state index is -0.604. The van der Waals surface area contributed by atoms with Gasteiger partial charge in [0.1, 0.15) is 5.71 Å². The van der Waals surface area contributed by atoms with E-state index in [4.69, 9.17) is 4.84 Å². The molecule has 0 aliphatic carbocycles. The molecule has 0 amide bonds. The first-order valence-electron chi connectivity index (χ1n) is 10.9. The normalized spacial score (nSPS) is 11.4. The molecule has 1 aromatic heterocycles. The number of aromatic nitrogens is 1. The van der Waals surface area contributed by atoms with Gasteiger partial charge in [-0.1, -0.05) is 59.8 Å². The molecular weight excluding hydrogens is 428 g/mol. The number of Topliss-reactive ketones (excluding diaryl/α,β-unsaturated/α-hetero) is 2. The highest BCUT2D eigenvalue weighted by atomic mass is 16.7. The van der Waals surface area contributed by atoms with Crippen LogP contribution in [-0.2, 0) is 16.1 Å². The van der Waals surface area contributed by atoms with Crippen molar-refractivity contribution >= 4 is 34.2 Å². The summed E-state index contributed by atoms with van der Waals surface area (Å²) in [5.74, 6) is -1.02. The van der Waals surface area contributed by atoms with Gasteiger partial charge >= 0.3 is 5.97 Å². The Kier molecular flexibility index (Phi) is 6.50. The summed E-state index contributed by atoms with van der Waals surface area (Å²) in [5.41, 5.74) is 4.46. The smallest absolute Gasteiger partial charge is 0.318 e. The molecule has 4 rings (SSSR count). The van der Waals surface area contributed by atoms with E-state index in [1.165, 1.54) is 13.8 Å². The van der Waals surface area contributed by atoms with Gasteiger partial charge in [-0.25, -0.2) is 4.79 Å². The SMILES string of the molecule is CC(=O)O/N=C(\Cc1ccccc1C)C(=O)c1cn(-c2ccccc2C(C)=O)c2ccccc12. The van der Waals surface area contributed by atoms with E-state index >= 15 is 0 Å². The number of nitrogens with zero attached hydrogens (tertiary/aromatic N) is 2. The highest BCUT2D eigenvalue weighted by Gasteiger charge is 2.23. The van der Waals surface area contributed by atoms with Crippen molar-refractivity contribution in [2.24, 2.45) is 5.16 Å². The Balaban J connectivity index is 1.86. The number of oxime groups is 1. The summed E-state index contributed by atoms with van der Waals surface area (Å²) in [6.07, 6.45) is 1.93. The third kappa shape index (κ3) is 4.57. The van der Waals surface area contributed by atoms with Gasteiger partial charge < -0.3 is 9.40 Å². The standard InChI is InChI=1S/C28H24N2O4/c1-18-10-4-5-11-21(18)16-25(29-34-20(3)32)28(33)24-17-30(27-15-9-7-13-23(24)27)26-14-8-6-12-22(26)19(2)31/h4-15,17H,16H2,1-3H3/b29-25+. The quantitative estimate of drug-likeness (QED) is 0.161. The Morgan fingerprint density at radius 3 is 2.26 bits per heavy atom. The highest BCUT2D eigenvalue weighted by Crippen LogP contribution is 2.28. The number of carbonyl (C=O) groups excluding carboxylic acids is 3. The third-order valence-corrected chi connectivity index (χ3v) is 5.67. The van der Waals surface area contributed by atoms with Gasteiger partial charge in [0.2, 0.25) is 5.78 Å². The predicted molar refractivity (Wildman–Crippen MR) is 132 cm³/mol. The van der Waals surface area contributed by atoms with Gasteiger partial charge in [0.15, 0.2) is 5.78 Å². The van der Waals surface area contributed by atoms with E-state index < -0.39 is 5.97 Å². The first kappa shape index (κ1) is 22.9. The third-order valence-electron chi connectivity index (χ3n) is 5.67. The van der Waals surface area contributed by atoms with Gasteiger partial charge in [-0.3, -0.25) is 9.59 Å². The van der Waals surface area contributed by atoms with Gasteiger partial charge in [-0.05, 0) is 43.2 Å². The van der Waals surface area contributed by atoms with Crippen LogP contribution in [0.15, 0.2) is 84.1 Å². The number of hydrogen-bond donors (Lipinski definition) is 0. The Morgan fingerprint density at radius 2 is 1.53 bits per heavy atom. The summed E-state index contributed by atoms with van der Waals surface area (Å²) in [6.45, 7) is 4.71. The summed E-state index contributed by atoms with van der Waals surface area (Å²) < 4.78 is 1.84. The van der Waals surface area contributed by atoms with Crippen molar-refractivity contribution in [2.45, 2.75) is 27.2 Å². The molecule has 0 saturated heterocycles. The van der Waals surface area contributed by atoms with Crippen LogP contribution in [0.5, 0.6) is 0 Å². The van der Waals surface area contributed by atoms with Crippen molar-refractivity contribution in [3.63, 3.8) is 0 Å². The lowest BCUT2D eigenvalue weighted by molar-refractivity contribution is -0.140. The molecule has 0 aliphatic heterocycles. The Bertz CT molecular complexity index is 1450. The van der Waals surface area contributed by atoms with Crippen LogP contribution in [-0.4, -0.2) is 27.8 Å². The maximum Gasteiger partial charge on any atom is 0.331 e. The van der Waals surface area contributed by atoms with E-state index in [-0.39, 0.29) is 23.7 Å². The lowest BCUT2D eigenvalue weighted by atomic mass is 9.98. The van der Waals surface area contributed by atoms with Gasteiger partial charge in [0, 0.05) is 36.1 Å².